The maximum Gasteiger partial charge on any atom is 0.325 e. The lowest BCUT2D eigenvalue weighted by molar-refractivity contribution is -0.136. The van der Waals surface area contributed by atoms with Gasteiger partial charge in [0.15, 0.2) is 5.78 Å². The summed E-state index contributed by atoms with van der Waals surface area (Å²) >= 11 is 0. The fourth-order valence-electron chi connectivity index (χ4n) is 3.80. The highest BCUT2D eigenvalue weighted by Crippen LogP contribution is 2.38. The molecular weight excluding hydrogens is 334 g/mol. The normalized spacial score (nSPS) is 25.3. The number of hydrogen-bond donors (Lipinski definition) is 2. The van der Waals surface area contributed by atoms with E-state index in [1.54, 1.807) is 24.3 Å². The second kappa shape index (κ2) is 6.90. The van der Waals surface area contributed by atoms with E-state index in [0.717, 1.165) is 24.2 Å². The van der Waals surface area contributed by atoms with Gasteiger partial charge in [-0.3, -0.25) is 19.3 Å². The van der Waals surface area contributed by atoms with Crippen molar-refractivity contribution in [2.45, 2.75) is 45.1 Å². The van der Waals surface area contributed by atoms with E-state index in [0.29, 0.717) is 17.7 Å². The van der Waals surface area contributed by atoms with E-state index in [9.17, 15) is 19.2 Å². The molecule has 26 heavy (non-hydrogen) atoms. The van der Waals surface area contributed by atoms with Gasteiger partial charge >= 0.3 is 6.03 Å². The molecule has 0 bridgehead atoms. The van der Waals surface area contributed by atoms with Crippen LogP contribution in [0.2, 0.25) is 0 Å². The predicted octanol–water partition coefficient (Wildman–Crippen LogP) is 2.33. The summed E-state index contributed by atoms with van der Waals surface area (Å²) in [6.07, 6.45) is 3.41. The highest BCUT2D eigenvalue weighted by atomic mass is 16.2. The number of nitrogens with one attached hydrogen (secondary N) is 2. The van der Waals surface area contributed by atoms with Crippen LogP contribution < -0.4 is 10.6 Å². The van der Waals surface area contributed by atoms with Crippen molar-refractivity contribution in [2.24, 2.45) is 5.92 Å². The van der Waals surface area contributed by atoms with E-state index < -0.39 is 17.5 Å². The van der Waals surface area contributed by atoms with E-state index in [1.165, 1.54) is 6.92 Å². The van der Waals surface area contributed by atoms with Gasteiger partial charge in [0.25, 0.3) is 5.91 Å². The summed E-state index contributed by atoms with van der Waals surface area (Å²) in [5.41, 5.74) is 0.0627. The molecule has 2 fully saturated rings. The molecule has 1 aromatic rings. The maximum absolute atomic E-state index is 12.9. The van der Waals surface area contributed by atoms with E-state index in [-0.39, 0.29) is 24.2 Å². The SMILES string of the molecule is CC(=O)c1cccc(NC(=O)CN2C(=O)N[C@]3(CCCC[C@H]3C)C2=O)c1. The molecule has 2 aliphatic rings. The molecule has 1 saturated heterocycles. The third kappa shape index (κ3) is 3.21. The van der Waals surface area contributed by atoms with Crippen LogP contribution in [0.1, 0.15) is 49.9 Å². The Bertz CT molecular complexity index is 776. The van der Waals surface area contributed by atoms with Crippen molar-refractivity contribution < 1.29 is 19.2 Å². The molecule has 0 radical (unpaired) electrons. The monoisotopic (exact) mass is 357 g/mol. The molecule has 138 valence electrons. The Morgan fingerprint density at radius 2 is 2.08 bits per heavy atom. The first-order valence-electron chi connectivity index (χ1n) is 8.88. The summed E-state index contributed by atoms with van der Waals surface area (Å²) in [5, 5.41) is 5.47. The van der Waals surface area contributed by atoms with Crippen LogP contribution in [0.5, 0.6) is 0 Å². The quantitative estimate of drug-likeness (QED) is 0.638. The van der Waals surface area contributed by atoms with Gasteiger partial charge in [-0.15, -0.1) is 0 Å². The summed E-state index contributed by atoms with van der Waals surface area (Å²) in [6, 6.07) is 6.02. The highest BCUT2D eigenvalue weighted by molar-refractivity contribution is 6.10. The van der Waals surface area contributed by atoms with Gasteiger partial charge in [-0.2, -0.15) is 0 Å². The third-order valence-electron chi connectivity index (χ3n) is 5.36. The fraction of sp³-hybridized carbons (Fsp3) is 0.474. The largest absolute Gasteiger partial charge is 0.325 e. The van der Waals surface area contributed by atoms with Gasteiger partial charge in [0.05, 0.1) is 0 Å². The van der Waals surface area contributed by atoms with Gasteiger partial charge in [0.1, 0.15) is 12.1 Å². The average Bonchev–Trinajstić information content (AvgIpc) is 2.83. The molecule has 1 aromatic carbocycles. The van der Waals surface area contributed by atoms with Crippen molar-refractivity contribution in [1.82, 2.24) is 10.2 Å². The molecule has 1 aliphatic carbocycles. The molecule has 1 aliphatic heterocycles. The number of benzene rings is 1. The molecule has 7 nitrogen and oxygen atoms in total. The number of carbonyl (C=O) groups excluding carboxylic acids is 4. The number of carbonyl (C=O) groups is 4. The standard InChI is InChI=1S/C19H23N3O4/c1-12-6-3-4-9-19(12)17(25)22(18(26)21-19)11-16(24)20-15-8-5-7-14(10-15)13(2)23/h5,7-8,10,12H,3-4,6,9,11H2,1-2H3,(H,20,24)(H,21,26)/t12-,19+/m1/s1. The van der Waals surface area contributed by atoms with Crippen molar-refractivity contribution >= 4 is 29.3 Å². The third-order valence-corrected chi connectivity index (χ3v) is 5.36. The van der Waals surface area contributed by atoms with E-state index in [1.807, 2.05) is 6.92 Å². The van der Waals surface area contributed by atoms with Crippen LogP contribution in [0.4, 0.5) is 10.5 Å². The van der Waals surface area contributed by atoms with Crippen LogP contribution in [0.15, 0.2) is 24.3 Å². The molecule has 1 heterocycles. The molecule has 1 saturated carbocycles. The summed E-state index contributed by atoms with van der Waals surface area (Å²) in [6.45, 7) is 3.07. The van der Waals surface area contributed by atoms with Crippen molar-refractivity contribution in [3.63, 3.8) is 0 Å². The molecule has 0 unspecified atom stereocenters. The molecule has 2 N–H and O–H groups in total. The lowest BCUT2D eigenvalue weighted by Crippen LogP contribution is -2.54. The minimum Gasteiger partial charge on any atom is -0.325 e. The molecule has 2 atom stereocenters. The van der Waals surface area contributed by atoms with Gasteiger partial charge in [0, 0.05) is 11.3 Å². The number of ketones is 1. The van der Waals surface area contributed by atoms with Crippen molar-refractivity contribution in [3.05, 3.63) is 29.8 Å². The fourth-order valence-corrected chi connectivity index (χ4v) is 3.80. The van der Waals surface area contributed by atoms with E-state index in [4.69, 9.17) is 0 Å². The Labute approximate surface area is 152 Å². The van der Waals surface area contributed by atoms with Crippen LogP contribution >= 0.6 is 0 Å². The smallest absolute Gasteiger partial charge is 0.325 e. The Morgan fingerprint density at radius 1 is 1.31 bits per heavy atom. The molecule has 0 aromatic heterocycles. The number of Topliss-reactive ketones (excluding diaryl/α,β-unsaturated/α-hetero) is 1. The number of amides is 4. The number of urea groups is 1. The van der Waals surface area contributed by atoms with Crippen molar-refractivity contribution in [3.8, 4) is 0 Å². The molecule has 4 amide bonds. The molecule has 7 heteroatoms. The molecule has 1 spiro atoms. The summed E-state index contributed by atoms with van der Waals surface area (Å²) in [5.74, 6) is -0.853. The maximum atomic E-state index is 12.9. The first kappa shape index (κ1) is 18.1. The van der Waals surface area contributed by atoms with E-state index in [2.05, 4.69) is 10.6 Å². The number of imide groups is 1. The summed E-state index contributed by atoms with van der Waals surface area (Å²) in [7, 11) is 0. The second-order valence-electron chi connectivity index (χ2n) is 7.12. The van der Waals surface area contributed by atoms with Gasteiger partial charge in [-0.05, 0) is 37.8 Å². The van der Waals surface area contributed by atoms with Gasteiger partial charge in [0.2, 0.25) is 5.91 Å². The van der Waals surface area contributed by atoms with Gasteiger partial charge < -0.3 is 10.6 Å². The van der Waals surface area contributed by atoms with Gasteiger partial charge in [-0.1, -0.05) is 31.9 Å². The second-order valence-corrected chi connectivity index (χ2v) is 7.12. The van der Waals surface area contributed by atoms with Crippen molar-refractivity contribution in [2.75, 3.05) is 11.9 Å². The van der Waals surface area contributed by atoms with Crippen LogP contribution in [-0.4, -0.2) is 40.6 Å². The predicted molar refractivity (Wildman–Crippen MR) is 95.7 cm³/mol. The number of nitrogens with zero attached hydrogens (tertiary/aromatic N) is 1. The zero-order valence-corrected chi connectivity index (χ0v) is 15.0. The minimum atomic E-state index is -0.871. The Hall–Kier alpha value is -2.70. The molecular formula is C19H23N3O4. The van der Waals surface area contributed by atoms with Crippen LogP contribution in [0, 0.1) is 5.92 Å². The zero-order valence-electron chi connectivity index (χ0n) is 15.0. The summed E-state index contributed by atoms with van der Waals surface area (Å²) in [4.78, 5) is 49.9. The molecule has 3 rings (SSSR count). The number of hydrogen-bond acceptors (Lipinski definition) is 4. The lowest BCUT2D eigenvalue weighted by Gasteiger charge is -2.36. The first-order valence-corrected chi connectivity index (χ1v) is 8.88. The first-order chi connectivity index (χ1) is 12.3. The Morgan fingerprint density at radius 3 is 2.77 bits per heavy atom. The van der Waals surface area contributed by atoms with Crippen LogP contribution in [0.3, 0.4) is 0 Å². The zero-order chi connectivity index (χ0) is 18.9. The summed E-state index contributed by atoms with van der Waals surface area (Å²) < 4.78 is 0. The lowest BCUT2D eigenvalue weighted by atomic mass is 9.73. The van der Waals surface area contributed by atoms with Crippen molar-refractivity contribution in [1.29, 1.82) is 0 Å². The minimum absolute atomic E-state index is 0.0491. The highest BCUT2D eigenvalue weighted by Gasteiger charge is 2.55. The topological polar surface area (TPSA) is 95.6 Å². The van der Waals surface area contributed by atoms with Crippen LogP contribution in [0.25, 0.3) is 0 Å². The Kier molecular flexibility index (Phi) is 4.80. The number of anilines is 1. The Balaban J connectivity index is 1.69. The number of rotatable bonds is 4. The van der Waals surface area contributed by atoms with E-state index >= 15 is 0 Å². The average molecular weight is 357 g/mol. The van der Waals surface area contributed by atoms with Gasteiger partial charge in [-0.25, -0.2) is 4.79 Å². The van der Waals surface area contributed by atoms with Crippen LogP contribution in [-0.2, 0) is 9.59 Å².